The Kier molecular flexibility index (Phi) is 4.59. The van der Waals surface area contributed by atoms with Gasteiger partial charge in [-0.3, -0.25) is 0 Å². The maximum absolute atomic E-state index is 8.84. The standard InChI is InChI=1S/C14H19NO3/c1-2-14(15-16)11-5-7-12(8-6-11)18-10-13-4-3-9-17-13/h5-8,13,16H,2-4,9-10H2,1H3/b15-14+. The lowest BCUT2D eigenvalue weighted by Crippen LogP contribution is -2.16. The molecule has 1 saturated heterocycles. The van der Waals surface area contributed by atoms with E-state index in [1.54, 1.807) is 0 Å². The van der Waals surface area contributed by atoms with E-state index in [0.717, 1.165) is 30.8 Å². The summed E-state index contributed by atoms with van der Waals surface area (Å²) >= 11 is 0. The Labute approximate surface area is 107 Å². The normalized spacial score (nSPS) is 20.1. The highest BCUT2D eigenvalue weighted by Crippen LogP contribution is 2.17. The molecular weight excluding hydrogens is 230 g/mol. The maximum atomic E-state index is 8.84. The smallest absolute Gasteiger partial charge is 0.119 e. The van der Waals surface area contributed by atoms with E-state index in [1.165, 1.54) is 0 Å². The van der Waals surface area contributed by atoms with Gasteiger partial charge >= 0.3 is 0 Å². The second kappa shape index (κ2) is 6.40. The summed E-state index contributed by atoms with van der Waals surface area (Å²) in [5.41, 5.74) is 1.60. The van der Waals surface area contributed by atoms with Crippen molar-refractivity contribution in [3.63, 3.8) is 0 Å². The van der Waals surface area contributed by atoms with E-state index in [0.29, 0.717) is 18.7 Å². The molecule has 1 fully saturated rings. The van der Waals surface area contributed by atoms with Crippen LogP contribution in [0.2, 0.25) is 0 Å². The monoisotopic (exact) mass is 249 g/mol. The molecule has 1 heterocycles. The highest BCUT2D eigenvalue weighted by atomic mass is 16.5. The molecule has 1 aliphatic heterocycles. The number of ether oxygens (including phenoxy) is 2. The molecule has 1 aromatic rings. The zero-order chi connectivity index (χ0) is 12.8. The van der Waals surface area contributed by atoms with E-state index >= 15 is 0 Å². The van der Waals surface area contributed by atoms with Gasteiger partial charge in [-0.15, -0.1) is 0 Å². The minimum atomic E-state index is 0.231. The van der Waals surface area contributed by atoms with Crippen LogP contribution >= 0.6 is 0 Å². The van der Waals surface area contributed by atoms with E-state index < -0.39 is 0 Å². The van der Waals surface area contributed by atoms with Gasteiger partial charge in [0.2, 0.25) is 0 Å². The number of hydrogen-bond donors (Lipinski definition) is 1. The number of benzene rings is 1. The zero-order valence-corrected chi connectivity index (χ0v) is 10.6. The van der Waals surface area contributed by atoms with Crippen molar-refractivity contribution in [3.05, 3.63) is 29.8 Å². The first-order valence-electron chi connectivity index (χ1n) is 6.39. The van der Waals surface area contributed by atoms with Gasteiger partial charge in [0.15, 0.2) is 0 Å². The van der Waals surface area contributed by atoms with Crippen LogP contribution in [0.15, 0.2) is 29.4 Å². The molecule has 18 heavy (non-hydrogen) atoms. The number of hydrogen-bond acceptors (Lipinski definition) is 4. The molecule has 98 valence electrons. The number of rotatable bonds is 5. The minimum Gasteiger partial charge on any atom is -0.491 e. The van der Waals surface area contributed by atoms with Crippen molar-refractivity contribution in [2.45, 2.75) is 32.3 Å². The lowest BCUT2D eigenvalue weighted by molar-refractivity contribution is 0.0679. The summed E-state index contributed by atoms with van der Waals surface area (Å²) in [6.07, 6.45) is 3.14. The molecule has 0 spiro atoms. The molecule has 1 atom stereocenters. The van der Waals surface area contributed by atoms with Gasteiger partial charge in [0.1, 0.15) is 12.4 Å². The van der Waals surface area contributed by atoms with E-state index in [4.69, 9.17) is 14.7 Å². The third-order valence-corrected chi connectivity index (χ3v) is 3.10. The highest BCUT2D eigenvalue weighted by Gasteiger charge is 2.15. The van der Waals surface area contributed by atoms with Crippen LogP contribution in [0.3, 0.4) is 0 Å². The predicted molar refractivity (Wildman–Crippen MR) is 69.5 cm³/mol. The molecule has 1 unspecified atom stereocenters. The van der Waals surface area contributed by atoms with E-state index in [1.807, 2.05) is 31.2 Å². The molecule has 0 saturated carbocycles. The average molecular weight is 249 g/mol. The van der Waals surface area contributed by atoms with Gasteiger partial charge in [0.25, 0.3) is 0 Å². The minimum absolute atomic E-state index is 0.231. The number of nitrogens with zero attached hydrogens (tertiary/aromatic N) is 1. The van der Waals surface area contributed by atoms with Gasteiger partial charge in [-0.05, 0) is 49.1 Å². The summed E-state index contributed by atoms with van der Waals surface area (Å²) in [4.78, 5) is 0. The van der Waals surface area contributed by atoms with Gasteiger partial charge in [-0.1, -0.05) is 12.1 Å². The first kappa shape index (κ1) is 12.9. The molecule has 0 radical (unpaired) electrons. The van der Waals surface area contributed by atoms with E-state index in [2.05, 4.69) is 5.16 Å². The Bertz CT molecular complexity index is 394. The second-order valence-electron chi connectivity index (χ2n) is 4.37. The summed E-state index contributed by atoms with van der Waals surface area (Å²) in [7, 11) is 0. The third-order valence-electron chi connectivity index (χ3n) is 3.10. The fraction of sp³-hybridized carbons (Fsp3) is 0.500. The summed E-state index contributed by atoms with van der Waals surface area (Å²) < 4.78 is 11.2. The van der Waals surface area contributed by atoms with Crippen LogP contribution in [0.1, 0.15) is 31.7 Å². The van der Waals surface area contributed by atoms with Crippen LogP contribution < -0.4 is 4.74 Å². The van der Waals surface area contributed by atoms with Crippen molar-refractivity contribution in [1.82, 2.24) is 0 Å². The first-order chi connectivity index (χ1) is 8.83. The quantitative estimate of drug-likeness (QED) is 0.496. The Morgan fingerprint density at radius 3 is 2.78 bits per heavy atom. The second-order valence-corrected chi connectivity index (χ2v) is 4.37. The largest absolute Gasteiger partial charge is 0.491 e. The molecule has 4 heteroatoms. The topological polar surface area (TPSA) is 51.1 Å². The summed E-state index contributed by atoms with van der Waals surface area (Å²) in [5, 5.41) is 12.1. The molecule has 4 nitrogen and oxygen atoms in total. The molecule has 1 aromatic carbocycles. The van der Waals surface area contributed by atoms with Crippen LogP contribution in [0.5, 0.6) is 5.75 Å². The lowest BCUT2D eigenvalue weighted by Gasteiger charge is -2.11. The molecule has 0 bridgehead atoms. The molecule has 1 N–H and O–H groups in total. The third kappa shape index (κ3) is 3.23. The van der Waals surface area contributed by atoms with E-state index in [-0.39, 0.29) is 6.10 Å². The van der Waals surface area contributed by atoms with Crippen LogP contribution in [0.4, 0.5) is 0 Å². The zero-order valence-electron chi connectivity index (χ0n) is 10.6. The Morgan fingerprint density at radius 2 is 2.22 bits per heavy atom. The van der Waals surface area contributed by atoms with Crippen molar-refractivity contribution < 1.29 is 14.7 Å². The SMILES string of the molecule is CC/C(=N\O)c1ccc(OCC2CCCO2)cc1. The maximum Gasteiger partial charge on any atom is 0.119 e. The van der Waals surface area contributed by atoms with Gasteiger partial charge in [0, 0.05) is 6.61 Å². The van der Waals surface area contributed by atoms with Gasteiger partial charge < -0.3 is 14.7 Å². The van der Waals surface area contributed by atoms with Crippen molar-refractivity contribution >= 4 is 5.71 Å². The highest BCUT2D eigenvalue weighted by molar-refractivity contribution is 6.00. The van der Waals surface area contributed by atoms with Gasteiger partial charge in [0.05, 0.1) is 11.8 Å². The Balaban J connectivity index is 1.90. The Hall–Kier alpha value is -1.55. The average Bonchev–Trinajstić information content (AvgIpc) is 2.92. The summed E-state index contributed by atoms with van der Waals surface area (Å²) in [5.74, 6) is 0.822. The van der Waals surface area contributed by atoms with E-state index in [9.17, 15) is 0 Å². The number of oxime groups is 1. The first-order valence-corrected chi connectivity index (χ1v) is 6.39. The Morgan fingerprint density at radius 1 is 1.44 bits per heavy atom. The molecule has 0 aromatic heterocycles. The van der Waals surface area contributed by atoms with Crippen molar-refractivity contribution in [3.8, 4) is 5.75 Å². The van der Waals surface area contributed by atoms with Crippen LogP contribution in [0, 0.1) is 0 Å². The van der Waals surface area contributed by atoms with Crippen LogP contribution in [-0.4, -0.2) is 30.2 Å². The molecule has 0 aliphatic carbocycles. The van der Waals surface area contributed by atoms with Crippen LogP contribution in [0.25, 0.3) is 0 Å². The van der Waals surface area contributed by atoms with Gasteiger partial charge in [-0.25, -0.2) is 0 Å². The predicted octanol–water partition coefficient (Wildman–Crippen LogP) is 2.83. The van der Waals surface area contributed by atoms with Crippen molar-refractivity contribution in [2.75, 3.05) is 13.2 Å². The molecule has 1 aliphatic rings. The summed E-state index contributed by atoms with van der Waals surface area (Å²) in [6.45, 7) is 3.41. The van der Waals surface area contributed by atoms with Crippen LogP contribution in [-0.2, 0) is 4.74 Å². The summed E-state index contributed by atoms with van der Waals surface area (Å²) in [6, 6.07) is 7.60. The fourth-order valence-corrected chi connectivity index (χ4v) is 2.04. The fourth-order valence-electron chi connectivity index (χ4n) is 2.04. The molecule has 0 amide bonds. The lowest BCUT2D eigenvalue weighted by atomic mass is 10.1. The molecule has 2 rings (SSSR count). The van der Waals surface area contributed by atoms with Crippen molar-refractivity contribution in [2.24, 2.45) is 5.16 Å². The molecular formula is C14H19NO3. The van der Waals surface area contributed by atoms with Gasteiger partial charge in [-0.2, -0.15) is 0 Å². The van der Waals surface area contributed by atoms with Crippen molar-refractivity contribution in [1.29, 1.82) is 0 Å².